The van der Waals surface area contributed by atoms with Crippen molar-refractivity contribution in [2.24, 2.45) is 0 Å². The van der Waals surface area contributed by atoms with Gasteiger partial charge in [-0.2, -0.15) is 0 Å². The van der Waals surface area contributed by atoms with Crippen molar-refractivity contribution in [1.29, 1.82) is 0 Å². The van der Waals surface area contributed by atoms with Gasteiger partial charge in [0.2, 0.25) is 0 Å². The number of carboxylic acid groups (broad SMARTS) is 4. The number of carbonyl (C=O) groups is 4. The second-order valence-corrected chi connectivity index (χ2v) is 4.00. The minimum atomic E-state index is -1.23. The fourth-order valence-electron chi connectivity index (χ4n) is 1.48. The molecule has 13 heteroatoms. The summed E-state index contributed by atoms with van der Waals surface area (Å²) in [5.41, 5.74) is 0. The molecule has 0 atom stereocenters. The fraction of sp³-hybridized carbons (Fsp3) is 0.600. The first-order valence-electron chi connectivity index (χ1n) is 5.52. The molecule has 130 valence electrons. The summed E-state index contributed by atoms with van der Waals surface area (Å²) in [7, 11) is 0. The molecule has 0 aromatic rings. The predicted octanol–water partition coefficient (Wildman–Crippen LogP) is -8.44. The number of carboxylic acids is 4. The maximum Gasteiger partial charge on any atom is 2.00 e. The zero-order chi connectivity index (χ0) is 15.7. The van der Waals surface area contributed by atoms with Crippen molar-refractivity contribution in [3.63, 3.8) is 0 Å². The van der Waals surface area contributed by atoms with Crippen LogP contribution in [0.4, 0.5) is 0 Å². The van der Waals surface area contributed by atoms with Crippen LogP contribution in [0.3, 0.4) is 0 Å². The number of halogens is 2. The summed E-state index contributed by atoms with van der Waals surface area (Å²) >= 11 is 0. The number of rotatable bonds is 11. The quantitative estimate of drug-likeness (QED) is 0.251. The fourth-order valence-corrected chi connectivity index (χ4v) is 1.48. The Bertz CT molecular complexity index is 331. The Morgan fingerprint density at radius 3 is 0.870 bits per heavy atom. The Morgan fingerprint density at radius 1 is 0.565 bits per heavy atom. The molecule has 10 nitrogen and oxygen atoms in total. The molecular weight excluding hydrogens is 371 g/mol. The summed E-state index contributed by atoms with van der Waals surface area (Å²) in [4.78, 5) is 44.4. The van der Waals surface area contributed by atoms with Crippen LogP contribution in [0.5, 0.6) is 0 Å². The molecular formula is C10H16Cl2MgN2O8. The Labute approximate surface area is 160 Å². The van der Waals surface area contributed by atoms with Gasteiger partial charge in [0.25, 0.3) is 0 Å². The molecule has 0 rings (SSSR count). The van der Waals surface area contributed by atoms with E-state index in [0.29, 0.717) is 0 Å². The Balaban J connectivity index is -0.000000602. The molecule has 0 radical (unpaired) electrons. The van der Waals surface area contributed by atoms with Crippen molar-refractivity contribution in [2.45, 2.75) is 0 Å². The third kappa shape index (κ3) is 19.1. The molecule has 0 spiro atoms. The number of nitrogens with zero attached hydrogens (tertiary/aromatic N) is 2. The van der Waals surface area contributed by atoms with Gasteiger partial charge in [-0.1, -0.05) is 0 Å². The predicted molar refractivity (Wildman–Crippen MR) is 69.2 cm³/mol. The maximum atomic E-state index is 10.6. The molecule has 0 saturated carbocycles. The molecule has 0 aliphatic carbocycles. The van der Waals surface area contributed by atoms with E-state index in [1.807, 2.05) is 0 Å². The van der Waals surface area contributed by atoms with Gasteiger partial charge in [-0.05, 0) is 0 Å². The van der Waals surface area contributed by atoms with Gasteiger partial charge in [-0.3, -0.25) is 29.0 Å². The molecule has 0 aromatic carbocycles. The van der Waals surface area contributed by atoms with Crippen molar-refractivity contribution in [2.75, 3.05) is 39.3 Å². The van der Waals surface area contributed by atoms with Gasteiger partial charge in [-0.15, -0.1) is 0 Å². The first-order valence-corrected chi connectivity index (χ1v) is 5.52. The van der Waals surface area contributed by atoms with Gasteiger partial charge in [0, 0.05) is 13.1 Å². The molecule has 0 heterocycles. The van der Waals surface area contributed by atoms with E-state index in [-0.39, 0.29) is 61.0 Å². The van der Waals surface area contributed by atoms with E-state index in [1.54, 1.807) is 0 Å². The van der Waals surface area contributed by atoms with Crippen LogP contribution in [0.25, 0.3) is 0 Å². The first kappa shape index (κ1) is 30.1. The average molecular weight is 387 g/mol. The van der Waals surface area contributed by atoms with E-state index in [4.69, 9.17) is 20.4 Å². The summed E-state index contributed by atoms with van der Waals surface area (Å²) in [6.07, 6.45) is 0. The summed E-state index contributed by atoms with van der Waals surface area (Å²) < 4.78 is 0. The number of hydrogen-bond acceptors (Lipinski definition) is 6. The Morgan fingerprint density at radius 2 is 0.739 bits per heavy atom. The second kappa shape index (κ2) is 16.0. The molecule has 0 unspecified atom stereocenters. The van der Waals surface area contributed by atoms with Crippen molar-refractivity contribution in [3.05, 3.63) is 0 Å². The summed E-state index contributed by atoms with van der Waals surface area (Å²) in [5.74, 6) is -4.91. The standard InChI is InChI=1S/C10H16N2O8.2ClH.Mg/c13-7(14)3-11(4-8(15)16)1-2-12(5-9(17)18)6-10(19)20;;;/h1-6H2,(H,13,14)(H,15,16)(H,17,18)(H,19,20);2*1H;/q;;;+2/p-2. The van der Waals surface area contributed by atoms with Crippen molar-refractivity contribution in [1.82, 2.24) is 9.80 Å². The summed E-state index contributed by atoms with van der Waals surface area (Å²) in [5, 5.41) is 34.5. The third-order valence-corrected chi connectivity index (χ3v) is 2.17. The summed E-state index contributed by atoms with van der Waals surface area (Å²) in [6.45, 7) is -2.25. The molecule has 0 aliphatic rings. The average Bonchev–Trinajstić information content (AvgIpc) is 2.22. The van der Waals surface area contributed by atoms with E-state index in [0.717, 1.165) is 9.80 Å². The van der Waals surface area contributed by atoms with Crippen LogP contribution in [-0.4, -0.2) is 116 Å². The largest absolute Gasteiger partial charge is 2.00 e. The molecule has 23 heavy (non-hydrogen) atoms. The number of aliphatic carboxylic acids is 4. The normalized spacial score (nSPS) is 9.30. The van der Waals surface area contributed by atoms with Crippen LogP contribution in [0.1, 0.15) is 0 Å². The molecule has 0 aromatic heterocycles. The van der Waals surface area contributed by atoms with Crippen LogP contribution in [0, 0.1) is 0 Å². The van der Waals surface area contributed by atoms with Gasteiger partial charge < -0.3 is 45.2 Å². The second-order valence-electron chi connectivity index (χ2n) is 4.00. The van der Waals surface area contributed by atoms with Gasteiger partial charge in [0.1, 0.15) is 0 Å². The van der Waals surface area contributed by atoms with Gasteiger partial charge >= 0.3 is 46.9 Å². The molecule has 4 N–H and O–H groups in total. The van der Waals surface area contributed by atoms with E-state index < -0.39 is 50.1 Å². The molecule has 0 bridgehead atoms. The maximum absolute atomic E-state index is 10.6. The van der Waals surface area contributed by atoms with E-state index in [9.17, 15) is 19.2 Å². The Kier molecular flexibility index (Phi) is 20.9. The minimum absolute atomic E-state index is 0. The van der Waals surface area contributed by atoms with E-state index >= 15 is 0 Å². The Hall–Kier alpha value is -0.854. The monoisotopic (exact) mass is 386 g/mol. The first-order chi connectivity index (χ1) is 9.20. The zero-order valence-electron chi connectivity index (χ0n) is 12.0. The molecule has 0 fully saturated rings. The zero-order valence-corrected chi connectivity index (χ0v) is 14.9. The van der Waals surface area contributed by atoms with E-state index in [2.05, 4.69) is 0 Å². The van der Waals surface area contributed by atoms with Crippen LogP contribution in [0.2, 0.25) is 0 Å². The van der Waals surface area contributed by atoms with Gasteiger partial charge in [0.05, 0.1) is 26.2 Å². The minimum Gasteiger partial charge on any atom is -1.00 e. The smallest absolute Gasteiger partial charge is 1.00 e. The third-order valence-electron chi connectivity index (χ3n) is 2.17. The van der Waals surface area contributed by atoms with Crippen molar-refractivity contribution < 1.29 is 64.4 Å². The van der Waals surface area contributed by atoms with Crippen LogP contribution < -0.4 is 24.8 Å². The number of hydrogen-bond donors (Lipinski definition) is 4. The summed E-state index contributed by atoms with van der Waals surface area (Å²) in [6, 6.07) is 0. The van der Waals surface area contributed by atoms with Crippen molar-refractivity contribution in [3.8, 4) is 0 Å². The molecule has 0 amide bonds. The SMILES string of the molecule is O=C(O)CN(CCN(CC(=O)O)CC(=O)O)CC(=O)O.[Cl-].[Cl-].[Mg+2]. The molecule has 0 aliphatic heterocycles. The van der Waals surface area contributed by atoms with Crippen LogP contribution in [-0.2, 0) is 19.2 Å². The van der Waals surface area contributed by atoms with E-state index in [1.165, 1.54) is 0 Å². The van der Waals surface area contributed by atoms with Crippen molar-refractivity contribution >= 4 is 46.9 Å². The molecule has 0 saturated heterocycles. The van der Waals surface area contributed by atoms with Gasteiger partial charge in [0.15, 0.2) is 0 Å². The topological polar surface area (TPSA) is 156 Å². The van der Waals surface area contributed by atoms with Crippen LogP contribution in [0.15, 0.2) is 0 Å². The van der Waals surface area contributed by atoms with Gasteiger partial charge in [-0.25, -0.2) is 0 Å². The van der Waals surface area contributed by atoms with Crippen LogP contribution >= 0.6 is 0 Å².